The van der Waals surface area contributed by atoms with Crippen molar-refractivity contribution in [1.29, 1.82) is 0 Å². The minimum atomic E-state index is -1.76. The Morgan fingerprint density at radius 1 is 0.512 bits per heavy atom. The third-order valence-corrected chi connectivity index (χ3v) is 13.6. The van der Waals surface area contributed by atoms with E-state index in [1.54, 1.807) is 79.0 Å². The van der Waals surface area contributed by atoms with Crippen LogP contribution in [0.5, 0.6) is 5.75 Å². The van der Waals surface area contributed by atoms with Crippen molar-refractivity contribution < 1.29 is 58.5 Å². The predicted molar refractivity (Wildman–Crippen MR) is 304 cm³/mol. The molecule has 0 bridgehead atoms. The van der Waals surface area contributed by atoms with E-state index in [-0.39, 0.29) is 62.3 Å². The molecule has 0 aliphatic carbocycles. The Hall–Kier alpha value is -8.13. The number of carbonyl (C=O) groups is 9. The summed E-state index contributed by atoms with van der Waals surface area (Å²) in [6, 6.07) is 17.8. The molecular weight excluding hydrogens is 1070 g/mol. The largest absolute Gasteiger partial charge is 0.508 e. The molecule has 1 aromatic heterocycles. The first-order valence-electron chi connectivity index (χ1n) is 25.7. The van der Waals surface area contributed by atoms with Gasteiger partial charge in [-0.25, -0.2) is 9.59 Å². The van der Waals surface area contributed by atoms with E-state index in [1.165, 1.54) is 31.2 Å². The number of nitrogens with two attached hydrogens (primary N) is 2. The zero-order valence-electron chi connectivity index (χ0n) is 43.8. The number of aromatic nitrogens is 1. The minimum Gasteiger partial charge on any atom is -0.508 e. The standard InChI is InChI=1S/C55H69N11O12S2/c1-31(67)46(53(75)63-42(26-34-19-21-36(68)22-20-34)50(72)64-45(30-80)54(76)77)66-47(69)39(18-10-11-23-56)59-51(73)43(27-35-28-58-38-17-9-8-16-37(35)38)62-49(71)40(24-32-12-4-2-5-13-32)60-48(70)41(25-33-14-6-3-7-15-33)61-52(74)44(29-79)65-55(57)78/h2-9,12-17,19-22,28,31,39-46,58,67-68,79-80H,10-11,18,23-27,29-30,56H2,1H3,(H,59,73)(H,60,70)(H,61,74)(H,62,71)(H,63,75)(H,64,72)(H,66,69)(H,76,77)(H3,57,65,78)/t31-,39+,40+,41+,42+,43-,44+,45+,46+/m1/s1. The Balaban J connectivity index is 1.46. The molecule has 16 N–H and O–H groups in total. The summed E-state index contributed by atoms with van der Waals surface area (Å²) in [5.41, 5.74) is 14.1. The summed E-state index contributed by atoms with van der Waals surface area (Å²) in [4.78, 5) is 126. The number of benzene rings is 4. The van der Waals surface area contributed by atoms with Crippen molar-refractivity contribution in [1.82, 2.24) is 47.5 Å². The summed E-state index contributed by atoms with van der Waals surface area (Å²) in [6.07, 6.45) is 0.158. The molecule has 0 unspecified atom stereocenters. The first-order chi connectivity index (χ1) is 38.3. The number of phenols is 1. The average molecular weight is 1140 g/mol. The highest BCUT2D eigenvalue weighted by molar-refractivity contribution is 7.80. The van der Waals surface area contributed by atoms with Crippen molar-refractivity contribution in [3.63, 3.8) is 0 Å². The van der Waals surface area contributed by atoms with Crippen LogP contribution in [-0.2, 0) is 64.0 Å². The van der Waals surface area contributed by atoms with Crippen molar-refractivity contribution in [3.05, 3.63) is 138 Å². The molecule has 1 heterocycles. The molecule has 0 radical (unpaired) electrons. The SMILES string of the molecule is C[C@@H](O)[C@H](NC(=O)[C@H](CCCCN)NC(=O)[C@@H](Cc1c[nH]c2ccccc12)NC(=O)[C@H](Cc1ccccc1)NC(=O)[C@H](Cc1ccccc1)NC(=O)[C@H](CS)NC(N)=O)C(=O)N[C@@H](Cc1ccc(O)cc1)C(=O)N[C@@H](CS)C(=O)O. The first-order valence-corrected chi connectivity index (χ1v) is 27.0. The normalized spacial score (nSPS) is 14.5. The second-order valence-corrected chi connectivity index (χ2v) is 19.7. The number of phenolic OH excluding ortho intramolecular Hbond substituents is 1. The van der Waals surface area contributed by atoms with Crippen molar-refractivity contribution in [2.45, 2.75) is 106 Å². The fourth-order valence-electron chi connectivity index (χ4n) is 8.52. The van der Waals surface area contributed by atoms with E-state index in [4.69, 9.17) is 11.5 Å². The van der Waals surface area contributed by atoms with E-state index >= 15 is 0 Å². The van der Waals surface area contributed by atoms with Crippen LogP contribution in [0.3, 0.4) is 0 Å². The molecule has 4 aromatic carbocycles. The number of hydrogen-bond donors (Lipinski definition) is 16. The fraction of sp³-hybridized carbons (Fsp3) is 0.364. The first kappa shape index (κ1) is 62.7. The molecule has 0 aliphatic heterocycles. The molecule has 0 saturated carbocycles. The molecule has 80 heavy (non-hydrogen) atoms. The van der Waals surface area contributed by atoms with Gasteiger partial charge in [0.25, 0.3) is 0 Å². The molecular formula is C55H69N11O12S2. The van der Waals surface area contributed by atoms with Crippen molar-refractivity contribution >= 4 is 89.5 Å². The lowest BCUT2D eigenvalue weighted by Gasteiger charge is -2.29. The minimum absolute atomic E-state index is 0.0485. The van der Waals surface area contributed by atoms with E-state index in [0.717, 1.165) is 0 Å². The van der Waals surface area contributed by atoms with Gasteiger partial charge in [0.2, 0.25) is 41.4 Å². The van der Waals surface area contributed by atoms with Crippen LogP contribution in [0.25, 0.3) is 10.9 Å². The van der Waals surface area contributed by atoms with E-state index in [1.807, 2.05) is 12.1 Å². The number of H-pyrrole nitrogens is 1. The maximum atomic E-state index is 14.9. The number of carboxylic acid groups (broad SMARTS) is 1. The highest BCUT2D eigenvalue weighted by Gasteiger charge is 2.36. The highest BCUT2D eigenvalue weighted by Crippen LogP contribution is 2.20. The van der Waals surface area contributed by atoms with E-state index in [9.17, 15) is 58.5 Å². The quantitative estimate of drug-likeness (QED) is 0.0206. The lowest BCUT2D eigenvalue weighted by Crippen LogP contribution is -2.62. The molecule has 428 valence electrons. The van der Waals surface area contributed by atoms with Gasteiger partial charge in [-0.05, 0) is 73.2 Å². The number of aliphatic carboxylic acids is 1. The molecule has 5 aromatic rings. The number of nitrogens with one attached hydrogen (secondary N) is 9. The van der Waals surface area contributed by atoms with Crippen LogP contribution in [0, 0.1) is 0 Å². The number of amides is 9. The zero-order chi connectivity index (χ0) is 58.3. The van der Waals surface area contributed by atoms with Crippen LogP contribution in [-0.4, -0.2) is 146 Å². The number of primary amides is 1. The third-order valence-electron chi connectivity index (χ3n) is 12.8. The second-order valence-electron chi connectivity index (χ2n) is 19.0. The molecule has 0 aliphatic rings. The summed E-state index contributed by atoms with van der Waals surface area (Å²) in [5, 5.41) is 51.7. The van der Waals surface area contributed by atoms with Gasteiger partial charge in [0.15, 0.2) is 0 Å². The third kappa shape index (κ3) is 19.3. The monoisotopic (exact) mass is 1140 g/mol. The number of hydrogen-bond acceptors (Lipinski definition) is 14. The number of thiol groups is 2. The van der Waals surface area contributed by atoms with Crippen molar-refractivity contribution in [2.75, 3.05) is 18.1 Å². The molecule has 0 spiro atoms. The van der Waals surface area contributed by atoms with Gasteiger partial charge in [-0.2, -0.15) is 25.3 Å². The Morgan fingerprint density at radius 2 is 0.938 bits per heavy atom. The van der Waals surface area contributed by atoms with Crippen LogP contribution in [0.2, 0.25) is 0 Å². The van der Waals surface area contributed by atoms with Crippen LogP contribution in [0.1, 0.15) is 48.4 Å². The van der Waals surface area contributed by atoms with Crippen LogP contribution >= 0.6 is 25.3 Å². The van der Waals surface area contributed by atoms with Crippen molar-refractivity contribution in [3.8, 4) is 5.75 Å². The molecule has 5 rings (SSSR count). The summed E-state index contributed by atoms with van der Waals surface area (Å²) in [6.45, 7) is 1.42. The molecule has 0 saturated heterocycles. The van der Waals surface area contributed by atoms with Gasteiger partial charge in [0.05, 0.1) is 6.10 Å². The van der Waals surface area contributed by atoms with E-state index in [0.29, 0.717) is 39.6 Å². The number of aromatic hydroxyl groups is 1. The fourth-order valence-corrected chi connectivity index (χ4v) is 9.02. The van der Waals surface area contributed by atoms with Gasteiger partial charge in [0.1, 0.15) is 54.1 Å². The topological polar surface area (TPSA) is 378 Å². The number of aliphatic hydroxyl groups excluding tert-OH is 1. The van der Waals surface area contributed by atoms with Gasteiger partial charge < -0.3 is 74.3 Å². The Bertz CT molecular complexity index is 2900. The lowest BCUT2D eigenvalue weighted by atomic mass is 10.00. The smallest absolute Gasteiger partial charge is 0.327 e. The number of carbonyl (C=O) groups excluding carboxylic acids is 8. The number of rotatable bonds is 31. The average Bonchev–Trinajstić information content (AvgIpc) is 3.89. The lowest BCUT2D eigenvalue weighted by molar-refractivity contribution is -0.141. The molecule has 25 heteroatoms. The van der Waals surface area contributed by atoms with Crippen LogP contribution in [0.4, 0.5) is 4.79 Å². The maximum Gasteiger partial charge on any atom is 0.327 e. The van der Waals surface area contributed by atoms with Gasteiger partial charge in [-0.3, -0.25) is 33.6 Å². The number of aromatic amines is 1. The summed E-state index contributed by atoms with van der Waals surface area (Å²) in [7, 11) is 0. The van der Waals surface area contributed by atoms with Gasteiger partial charge in [-0.15, -0.1) is 0 Å². The molecule has 9 atom stereocenters. The molecule has 0 fully saturated rings. The summed E-state index contributed by atoms with van der Waals surface area (Å²) in [5.74, 6) is -8.14. The maximum absolute atomic E-state index is 14.9. The number of fused-ring (bicyclic) bond motifs is 1. The van der Waals surface area contributed by atoms with Crippen molar-refractivity contribution in [2.24, 2.45) is 11.5 Å². The van der Waals surface area contributed by atoms with Gasteiger partial charge in [-0.1, -0.05) is 91.0 Å². The number of aliphatic hydroxyl groups is 1. The number of para-hydroxylation sites is 1. The van der Waals surface area contributed by atoms with Crippen LogP contribution in [0.15, 0.2) is 115 Å². The zero-order valence-corrected chi connectivity index (χ0v) is 45.6. The second kappa shape index (κ2) is 31.5. The molecule has 9 amide bonds. The summed E-state index contributed by atoms with van der Waals surface area (Å²) >= 11 is 8.17. The Labute approximate surface area is 472 Å². The van der Waals surface area contributed by atoms with Crippen LogP contribution < -0.4 is 54.0 Å². The molecule has 23 nitrogen and oxygen atoms in total. The summed E-state index contributed by atoms with van der Waals surface area (Å²) < 4.78 is 0. The highest BCUT2D eigenvalue weighted by atomic mass is 32.1. The Morgan fingerprint density at radius 3 is 1.41 bits per heavy atom. The number of urea groups is 1. The number of unbranched alkanes of at least 4 members (excludes halogenated alkanes) is 1. The Kier molecular flexibility index (Phi) is 24.7. The van der Waals surface area contributed by atoms with E-state index in [2.05, 4.69) is 72.8 Å². The van der Waals surface area contributed by atoms with E-state index < -0.39 is 108 Å². The number of carboxylic acids is 1. The van der Waals surface area contributed by atoms with Gasteiger partial charge in [0, 0.05) is 54.3 Å². The predicted octanol–water partition coefficient (Wildman–Crippen LogP) is 0.0286. The van der Waals surface area contributed by atoms with Gasteiger partial charge >= 0.3 is 12.0 Å².